The van der Waals surface area contributed by atoms with E-state index < -0.39 is 0 Å². The maximum atomic E-state index is 6.25. The topological polar surface area (TPSA) is 51.1 Å². The van der Waals surface area contributed by atoms with Crippen LogP contribution < -0.4 is 15.4 Å². The molecule has 0 spiro atoms. The minimum absolute atomic E-state index is 0.406. The Hall–Kier alpha value is -3.06. The Morgan fingerprint density at radius 2 is 1.67 bits per heavy atom. The van der Waals surface area contributed by atoms with E-state index in [2.05, 4.69) is 21.8 Å². The number of nitrogens with zero attached hydrogens (tertiary/aromatic N) is 2. The second-order valence-electron chi connectivity index (χ2n) is 7.45. The van der Waals surface area contributed by atoms with Crippen LogP contribution in [-0.2, 0) is 6.54 Å². The van der Waals surface area contributed by atoms with E-state index in [1.54, 1.807) is 6.07 Å². The molecule has 0 amide bonds. The number of nitrogens with one attached hydrogen (secondary N) is 2. The maximum Gasteiger partial charge on any atom is 0.175 e. The molecule has 0 saturated carbocycles. The molecule has 0 aliphatic heterocycles. The van der Waals surface area contributed by atoms with Crippen molar-refractivity contribution in [1.29, 1.82) is 0 Å². The van der Waals surface area contributed by atoms with Gasteiger partial charge >= 0.3 is 0 Å². The summed E-state index contributed by atoms with van der Waals surface area (Å²) in [6.07, 6.45) is 0. The summed E-state index contributed by atoms with van der Waals surface area (Å²) in [5, 5.41) is 12.3. The molecule has 33 heavy (non-hydrogen) atoms. The molecular weight excluding hydrogens is 475 g/mol. The Morgan fingerprint density at radius 1 is 0.939 bits per heavy atom. The van der Waals surface area contributed by atoms with E-state index >= 15 is 0 Å². The van der Waals surface area contributed by atoms with Gasteiger partial charge in [-0.1, -0.05) is 59.6 Å². The molecule has 0 aliphatic rings. The summed E-state index contributed by atoms with van der Waals surface area (Å²) in [7, 11) is 0. The van der Waals surface area contributed by atoms with Crippen LogP contribution in [0.4, 0.5) is 11.4 Å². The molecule has 8 heteroatoms. The first kappa shape index (κ1) is 23.1. The minimum Gasteiger partial charge on any atom is -0.457 e. The summed E-state index contributed by atoms with van der Waals surface area (Å²) >= 11 is 17.8. The number of rotatable bonds is 6. The monoisotopic (exact) mass is 496 g/mol. The molecule has 0 saturated heterocycles. The molecule has 1 aromatic heterocycles. The highest BCUT2D eigenvalue weighted by Crippen LogP contribution is 2.30. The third-order valence-corrected chi connectivity index (χ3v) is 6.05. The molecule has 0 unspecified atom stereocenters. The van der Waals surface area contributed by atoms with Gasteiger partial charge in [0.15, 0.2) is 5.11 Å². The van der Waals surface area contributed by atoms with Crippen LogP contribution in [-0.4, -0.2) is 14.9 Å². The van der Waals surface area contributed by atoms with Gasteiger partial charge in [-0.3, -0.25) is 4.68 Å². The summed E-state index contributed by atoms with van der Waals surface area (Å²) in [6, 6.07) is 23.1. The lowest BCUT2D eigenvalue weighted by Gasteiger charge is -2.13. The van der Waals surface area contributed by atoms with Gasteiger partial charge < -0.3 is 15.4 Å². The van der Waals surface area contributed by atoms with Crippen molar-refractivity contribution >= 4 is 51.9 Å². The zero-order chi connectivity index (χ0) is 23.4. The summed E-state index contributed by atoms with van der Waals surface area (Å²) in [5.74, 6) is 1.58. The molecule has 168 valence electrons. The molecule has 3 aromatic carbocycles. The second kappa shape index (κ2) is 10.3. The van der Waals surface area contributed by atoms with Crippen molar-refractivity contribution in [1.82, 2.24) is 9.78 Å². The van der Waals surface area contributed by atoms with Crippen molar-refractivity contribution in [2.24, 2.45) is 0 Å². The second-order valence-corrected chi connectivity index (χ2v) is 8.64. The van der Waals surface area contributed by atoms with E-state index in [4.69, 9.17) is 40.2 Å². The first-order valence-corrected chi connectivity index (χ1v) is 11.4. The fourth-order valence-corrected chi connectivity index (χ4v) is 3.96. The number of thiocarbonyl (C=S) groups is 1. The molecule has 0 bridgehead atoms. The van der Waals surface area contributed by atoms with Crippen LogP contribution in [0.25, 0.3) is 0 Å². The number of para-hydroxylation sites is 1. The van der Waals surface area contributed by atoms with Crippen molar-refractivity contribution in [3.8, 4) is 11.5 Å². The van der Waals surface area contributed by atoms with E-state index in [-0.39, 0.29) is 0 Å². The summed E-state index contributed by atoms with van der Waals surface area (Å²) in [4.78, 5) is 0. The van der Waals surface area contributed by atoms with Gasteiger partial charge in [0.05, 0.1) is 39.4 Å². The molecule has 0 aliphatic carbocycles. The first-order valence-electron chi connectivity index (χ1n) is 10.3. The van der Waals surface area contributed by atoms with Gasteiger partial charge in [-0.2, -0.15) is 5.10 Å². The van der Waals surface area contributed by atoms with Crippen molar-refractivity contribution in [2.45, 2.75) is 20.4 Å². The molecule has 1 heterocycles. The van der Waals surface area contributed by atoms with E-state index in [1.165, 1.54) is 0 Å². The van der Waals surface area contributed by atoms with Crippen molar-refractivity contribution < 1.29 is 4.74 Å². The van der Waals surface area contributed by atoms with Crippen molar-refractivity contribution in [3.05, 3.63) is 99.8 Å². The molecular formula is C25H22Cl2N4OS. The Labute approximate surface area is 208 Å². The zero-order valence-electron chi connectivity index (χ0n) is 18.1. The highest BCUT2D eigenvalue weighted by Gasteiger charge is 2.14. The highest BCUT2D eigenvalue weighted by atomic mass is 35.5. The lowest BCUT2D eigenvalue weighted by molar-refractivity contribution is 0.481. The van der Waals surface area contributed by atoms with Gasteiger partial charge in [0, 0.05) is 0 Å². The normalized spacial score (nSPS) is 10.7. The molecule has 0 radical (unpaired) electrons. The van der Waals surface area contributed by atoms with E-state index in [9.17, 15) is 0 Å². The van der Waals surface area contributed by atoms with E-state index in [1.807, 2.05) is 79.2 Å². The Morgan fingerprint density at radius 3 is 2.45 bits per heavy atom. The number of halogens is 2. The zero-order valence-corrected chi connectivity index (χ0v) is 20.4. The average Bonchev–Trinajstić information content (AvgIpc) is 3.05. The quantitative estimate of drug-likeness (QED) is 0.271. The molecule has 4 aromatic rings. The van der Waals surface area contributed by atoms with Gasteiger partial charge in [-0.25, -0.2) is 0 Å². The number of hydrogen-bond acceptors (Lipinski definition) is 3. The highest BCUT2D eigenvalue weighted by molar-refractivity contribution is 7.80. The van der Waals surface area contributed by atoms with Gasteiger partial charge in [-0.05, 0) is 68.0 Å². The minimum atomic E-state index is 0.406. The molecule has 2 N–H and O–H groups in total. The number of aromatic nitrogens is 2. The van der Waals surface area contributed by atoms with Crippen LogP contribution in [0.2, 0.25) is 10.0 Å². The fourth-order valence-electron chi connectivity index (χ4n) is 3.40. The van der Waals surface area contributed by atoms with Crippen molar-refractivity contribution in [2.75, 3.05) is 10.6 Å². The predicted octanol–water partition coefficient (Wildman–Crippen LogP) is 7.46. The number of anilines is 2. The van der Waals surface area contributed by atoms with E-state index in [0.29, 0.717) is 27.4 Å². The van der Waals surface area contributed by atoms with Crippen LogP contribution in [0.3, 0.4) is 0 Å². The predicted molar refractivity (Wildman–Crippen MR) is 140 cm³/mol. The number of aryl methyl sites for hydroxylation is 1. The van der Waals surface area contributed by atoms with Crippen LogP contribution in [0.5, 0.6) is 11.5 Å². The number of ether oxygens (including phenoxy) is 1. The smallest absolute Gasteiger partial charge is 0.175 e. The molecule has 0 fully saturated rings. The Balaban J connectivity index is 1.47. The molecule has 0 atom stereocenters. The summed E-state index contributed by atoms with van der Waals surface area (Å²) in [6.45, 7) is 4.54. The Bertz CT molecular complexity index is 1290. The van der Waals surface area contributed by atoms with Crippen LogP contribution in [0.1, 0.15) is 17.0 Å². The fraction of sp³-hybridized carbons (Fsp3) is 0.120. The largest absolute Gasteiger partial charge is 0.457 e. The van der Waals surface area contributed by atoms with Gasteiger partial charge in [0.25, 0.3) is 0 Å². The molecule has 4 rings (SSSR count). The van der Waals surface area contributed by atoms with E-state index in [0.717, 1.165) is 34.1 Å². The van der Waals surface area contributed by atoms with Gasteiger partial charge in [0.2, 0.25) is 0 Å². The maximum absolute atomic E-state index is 6.25. The van der Waals surface area contributed by atoms with Crippen LogP contribution in [0, 0.1) is 13.8 Å². The number of benzene rings is 3. The lowest BCUT2D eigenvalue weighted by atomic mass is 10.2. The van der Waals surface area contributed by atoms with Gasteiger partial charge in [0.1, 0.15) is 11.5 Å². The average molecular weight is 497 g/mol. The Kier molecular flexibility index (Phi) is 7.18. The SMILES string of the molecule is Cc1nn(Cc2cccc(Oc3ccccc3)c2)c(C)c1NC(=S)Nc1cccc(Cl)c1Cl. The van der Waals surface area contributed by atoms with Crippen molar-refractivity contribution in [3.63, 3.8) is 0 Å². The van der Waals surface area contributed by atoms with Crippen LogP contribution >= 0.6 is 35.4 Å². The third kappa shape index (κ3) is 5.66. The first-order chi connectivity index (χ1) is 15.9. The third-order valence-electron chi connectivity index (χ3n) is 5.03. The summed E-state index contributed by atoms with van der Waals surface area (Å²) < 4.78 is 7.89. The lowest BCUT2D eigenvalue weighted by Crippen LogP contribution is -2.20. The van der Waals surface area contributed by atoms with Gasteiger partial charge in [-0.15, -0.1) is 0 Å². The molecule has 5 nitrogen and oxygen atoms in total. The standard InChI is InChI=1S/C25H22Cl2N4OS/c1-16-24(29-25(33)28-22-13-7-12-21(26)23(22)27)17(2)31(30-16)15-18-8-6-11-20(14-18)32-19-9-4-3-5-10-19/h3-14H,15H2,1-2H3,(H2,28,29,33). The van der Waals surface area contributed by atoms with Crippen LogP contribution in [0.15, 0.2) is 72.8 Å². The summed E-state index contributed by atoms with van der Waals surface area (Å²) in [5.41, 5.74) is 4.36. The number of hydrogen-bond donors (Lipinski definition) is 2.